The second-order valence-electron chi connectivity index (χ2n) is 6.90. The largest absolute Gasteiger partial charge is 0.493 e. The highest BCUT2D eigenvalue weighted by atomic mass is 16.5. The topological polar surface area (TPSA) is 38.7 Å². The first kappa shape index (κ1) is 16.2. The summed E-state index contributed by atoms with van der Waals surface area (Å²) in [4.78, 5) is 0. The molecule has 3 nitrogen and oxygen atoms in total. The fourth-order valence-corrected chi connectivity index (χ4v) is 3.89. The first-order valence-corrected chi connectivity index (χ1v) is 8.68. The van der Waals surface area contributed by atoms with Gasteiger partial charge in [0.15, 0.2) is 11.5 Å². The van der Waals surface area contributed by atoms with E-state index >= 15 is 0 Å². The van der Waals surface area contributed by atoms with Gasteiger partial charge in [-0.1, -0.05) is 12.0 Å². The lowest BCUT2D eigenvalue weighted by atomic mass is 9.75. The molecule has 2 saturated carbocycles. The molecular formula is C20H26O3. The molecule has 1 aromatic rings. The van der Waals surface area contributed by atoms with Crippen molar-refractivity contribution in [1.82, 2.24) is 0 Å². The van der Waals surface area contributed by atoms with Gasteiger partial charge in [0.2, 0.25) is 0 Å². The van der Waals surface area contributed by atoms with Crippen molar-refractivity contribution < 1.29 is 14.6 Å². The number of benzene rings is 1. The van der Waals surface area contributed by atoms with Crippen LogP contribution in [0.3, 0.4) is 0 Å². The van der Waals surface area contributed by atoms with Crippen LogP contribution in [-0.4, -0.2) is 23.9 Å². The van der Waals surface area contributed by atoms with Gasteiger partial charge in [-0.2, -0.15) is 0 Å². The quantitative estimate of drug-likeness (QED) is 0.853. The molecule has 1 aromatic carbocycles. The lowest BCUT2D eigenvalue weighted by molar-refractivity contribution is 0.0521. The van der Waals surface area contributed by atoms with E-state index in [0.29, 0.717) is 18.9 Å². The van der Waals surface area contributed by atoms with Crippen molar-refractivity contribution in [2.45, 2.75) is 69.0 Å². The molecule has 1 N–H and O–H groups in total. The number of ether oxygens (including phenoxy) is 2. The van der Waals surface area contributed by atoms with Crippen LogP contribution < -0.4 is 9.47 Å². The van der Waals surface area contributed by atoms with Crippen LogP contribution in [0.5, 0.6) is 11.5 Å². The predicted octanol–water partition coefficient (Wildman–Crippen LogP) is 4.04. The number of hydrogen-bond donors (Lipinski definition) is 1. The molecule has 0 saturated heterocycles. The number of aliphatic hydroxyl groups is 1. The van der Waals surface area contributed by atoms with Gasteiger partial charge < -0.3 is 14.6 Å². The van der Waals surface area contributed by atoms with E-state index in [-0.39, 0.29) is 5.92 Å². The third kappa shape index (κ3) is 3.64. The van der Waals surface area contributed by atoms with Crippen LogP contribution in [-0.2, 0) is 0 Å². The SMILES string of the molecule is C#CC1(O)CCCC(c2ccc(OC)c(OC3CCCC3)c2)C1. The molecular weight excluding hydrogens is 288 g/mol. The van der Waals surface area contributed by atoms with Gasteiger partial charge in [0.1, 0.15) is 5.60 Å². The highest BCUT2D eigenvalue weighted by Crippen LogP contribution is 2.41. The van der Waals surface area contributed by atoms with E-state index in [1.165, 1.54) is 18.4 Å². The molecule has 2 unspecified atom stereocenters. The van der Waals surface area contributed by atoms with Gasteiger partial charge in [-0.25, -0.2) is 0 Å². The summed E-state index contributed by atoms with van der Waals surface area (Å²) in [5.74, 6) is 4.46. The van der Waals surface area contributed by atoms with Crippen LogP contribution in [0, 0.1) is 12.3 Å². The molecule has 0 aliphatic heterocycles. The van der Waals surface area contributed by atoms with Gasteiger partial charge in [-0.05, 0) is 75.0 Å². The minimum Gasteiger partial charge on any atom is -0.493 e. The lowest BCUT2D eigenvalue weighted by Crippen LogP contribution is -2.32. The second kappa shape index (κ2) is 6.84. The van der Waals surface area contributed by atoms with E-state index in [2.05, 4.69) is 18.1 Å². The van der Waals surface area contributed by atoms with E-state index in [1.54, 1.807) is 7.11 Å². The monoisotopic (exact) mass is 314 g/mol. The molecule has 0 spiro atoms. The molecule has 3 heteroatoms. The highest BCUT2D eigenvalue weighted by molar-refractivity contribution is 5.44. The Morgan fingerprint density at radius 2 is 1.96 bits per heavy atom. The molecule has 3 rings (SSSR count). The Labute approximate surface area is 139 Å². The van der Waals surface area contributed by atoms with E-state index in [9.17, 15) is 5.11 Å². The van der Waals surface area contributed by atoms with Crippen molar-refractivity contribution in [3.8, 4) is 23.8 Å². The second-order valence-corrected chi connectivity index (χ2v) is 6.90. The standard InChI is InChI=1S/C20H26O3/c1-3-20(21)12-6-7-16(14-20)15-10-11-18(22-2)19(13-15)23-17-8-4-5-9-17/h1,10-11,13,16-17,21H,4-9,12,14H2,2H3. The predicted molar refractivity (Wildman–Crippen MR) is 90.9 cm³/mol. The third-order valence-corrected chi connectivity index (χ3v) is 5.25. The molecule has 23 heavy (non-hydrogen) atoms. The summed E-state index contributed by atoms with van der Waals surface area (Å²) in [7, 11) is 1.67. The summed E-state index contributed by atoms with van der Waals surface area (Å²) >= 11 is 0. The molecule has 0 aromatic heterocycles. The minimum absolute atomic E-state index is 0.279. The van der Waals surface area contributed by atoms with Crippen LogP contribution in [0.25, 0.3) is 0 Å². The smallest absolute Gasteiger partial charge is 0.161 e. The Morgan fingerprint density at radius 3 is 2.65 bits per heavy atom. The molecule has 2 aliphatic carbocycles. The van der Waals surface area contributed by atoms with Gasteiger partial charge in [0.05, 0.1) is 13.2 Å². The average molecular weight is 314 g/mol. The summed E-state index contributed by atoms with van der Waals surface area (Å²) in [6, 6.07) is 6.14. The molecule has 0 heterocycles. The van der Waals surface area contributed by atoms with E-state index < -0.39 is 5.60 Å². The van der Waals surface area contributed by atoms with Crippen molar-refractivity contribution in [2.75, 3.05) is 7.11 Å². The maximum Gasteiger partial charge on any atom is 0.161 e. The van der Waals surface area contributed by atoms with E-state index in [1.807, 2.05) is 6.07 Å². The zero-order valence-corrected chi connectivity index (χ0v) is 13.9. The fourth-order valence-electron chi connectivity index (χ4n) is 3.89. The van der Waals surface area contributed by atoms with Crippen LogP contribution in [0.1, 0.15) is 62.8 Å². The molecule has 2 fully saturated rings. The van der Waals surface area contributed by atoms with Crippen molar-refractivity contribution in [2.24, 2.45) is 0 Å². The van der Waals surface area contributed by atoms with Crippen molar-refractivity contribution in [1.29, 1.82) is 0 Å². The van der Waals surface area contributed by atoms with Gasteiger partial charge in [-0.15, -0.1) is 6.42 Å². The van der Waals surface area contributed by atoms with Gasteiger partial charge in [-0.3, -0.25) is 0 Å². The summed E-state index contributed by atoms with van der Waals surface area (Å²) in [5, 5.41) is 10.4. The summed E-state index contributed by atoms with van der Waals surface area (Å²) < 4.78 is 11.6. The highest BCUT2D eigenvalue weighted by Gasteiger charge is 2.33. The zero-order chi connectivity index (χ0) is 16.3. The molecule has 0 amide bonds. The Balaban J connectivity index is 1.81. The third-order valence-electron chi connectivity index (χ3n) is 5.25. The van der Waals surface area contributed by atoms with Crippen LogP contribution in [0.2, 0.25) is 0 Å². The number of hydrogen-bond acceptors (Lipinski definition) is 3. The Kier molecular flexibility index (Phi) is 4.82. The maximum atomic E-state index is 10.4. The Bertz CT molecular complexity index is 583. The Morgan fingerprint density at radius 1 is 1.17 bits per heavy atom. The minimum atomic E-state index is -0.963. The first-order chi connectivity index (χ1) is 11.1. The van der Waals surface area contributed by atoms with Gasteiger partial charge >= 0.3 is 0 Å². The molecule has 2 atom stereocenters. The average Bonchev–Trinajstić information content (AvgIpc) is 3.08. The lowest BCUT2D eigenvalue weighted by Gasteiger charge is -2.33. The summed E-state index contributed by atoms with van der Waals surface area (Å²) in [6.45, 7) is 0. The number of methoxy groups -OCH3 is 1. The zero-order valence-electron chi connectivity index (χ0n) is 13.9. The maximum absolute atomic E-state index is 10.4. The summed E-state index contributed by atoms with van der Waals surface area (Å²) in [5.41, 5.74) is 0.224. The van der Waals surface area contributed by atoms with Gasteiger partial charge in [0, 0.05) is 0 Å². The fraction of sp³-hybridized carbons (Fsp3) is 0.600. The molecule has 0 radical (unpaired) electrons. The van der Waals surface area contributed by atoms with E-state index in [0.717, 1.165) is 37.2 Å². The Hall–Kier alpha value is -1.66. The van der Waals surface area contributed by atoms with Crippen molar-refractivity contribution in [3.63, 3.8) is 0 Å². The normalized spacial score (nSPS) is 28.3. The number of rotatable bonds is 4. The van der Waals surface area contributed by atoms with Crippen molar-refractivity contribution >= 4 is 0 Å². The van der Waals surface area contributed by atoms with Crippen LogP contribution in [0.15, 0.2) is 18.2 Å². The van der Waals surface area contributed by atoms with E-state index in [4.69, 9.17) is 15.9 Å². The first-order valence-electron chi connectivity index (χ1n) is 8.68. The number of terminal acetylenes is 1. The van der Waals surface area contributed by atoms with Crippen molar-refractivity contribution in [3.05, 3.63) is 23.8 Å². The van der Waals surface area contributed by atoms with Crippen LogP contribution >= 0.6 is 0 Å². The molecule has 124 valence electrons. The van der Waals surface area contributed by atoms with Crippen LogP contribution in [0.4, 0.5) is 0 Å². The van der Waals surface area contributed by atoms with Gasteiger partial charge in [0.25, 0.3) is 0 Å². The summed E-state index contributed by atoms with van der Waals surface area (Å²) in [6.07, 6.45) is 13.9. The molecule has 2 aliphatic rings. The molecule has 0 bridgehead atoms.